The van der Waals surface area contributed by atoms with E-state index < -0.39 is 29.9 Å². The molecule has 0 radical (unpaired) electrons. The number of rotatable bonds is 15. The zero-order valence-corrected chi connectivity index (χ0v) is 30.6. The fourth-order valence-corrected chi connectivity index (χ4v) is 12.2. The molecule has 4 aliphatic carbocycles. The van der Waals surface area contributed by atoms with Gasteiger partial charge < -0.3 is 29.9 Å². The number of fused-ring (bicyclic) bond motifs is 5. The number of aliphatic hydroxyl groups is 4. The lowest BCUT2D eigenvalue weighted by Gasteiger charge is -2.58. The molecule has 0 aromatic heterocycles. The van der Waals surface area contributed by atoms with E-state index in [1.54, 1.807) is 5.57 Å². The Morgan fingerprint density at radius 2 is 1.67 bits per heavy atom. The Morgan fingerprint density at radius 3 is 2.43 bits per heavy atom. The lowest BCUT2D eigenvalue weighted by molar-refractivity contribution is -0.205. The van der Waals surface area contributed by atoms with Gasteiger partial charge in [-0.15, -0.1) is 11.8 Å². The van der Waals surface area contributed by atoms with Crippen LogP contribution < -0.4 is 0 Å². The van der Waals surface area contributed by atoms with Crippen LogP contribution in [0.4, 0.5) is 0 Å². The van der Waals surface area contributed by atoms with Crippen LogP contribution in [0.3, 0.4) is 0 Å². The predicted molar refractivity (Wildman–Crippen MR) is 187 cm³/mol. The van der Waals surface area contributed by atoms with Gasteiger partial charge in [0.05, 0.1) is 12.7 Å². The van der Waals surface area contributed by atoms with Crippen molar-refractivity contribution >= 4 is 11.8 Å². The minimum absolute atomic E-state index is 0.369. The van der Waals surface area contributed by atoms with Gasteiger partial charge >= 0.3 is 0 Å². The van der Waals surface area contributed by atoms with Crippen molar-refractivity contribution in [3.8, 4) is 0 Å². The summed E-state index contributed by atoms with van der Waals surface area (Å²) in [6, 6.07) is 0. The first kappa shape index (κ1) is 37.1. The number of unbranched alkanes of at least 4 members (excludes halogenated alkanes) is 3. The van der Waals surface area contributed by atoms with Gasteiger partial charge in [-0.3, -0.25) is 0 Å². The summed E-state index contributed by atoms with van der Waals surface area (Å²) < 4.78 is 12.1. The third-order valence-electron chi connectivity index (χ3n) is 13.8. The molecule has 1 heterocycles. The third kappa shape index (κ3) is 7.92. The van der Waals surface area contributed by atoms with E-state index in [1.165, 1.54) is 76.0 Å². The fourth-order valence-electron chi connectivity index (χ4n) is 11.0. The van der Waals surface area contributed by atoms with Crippen LogP contribution in [-0.4, -0.2) is 75.3 Å². The Morgan fingerprint density at radius 1 is 0.891 bits per heavy atom. The van der Waals surface area contributed by atoms with Crippen molar-refractivity contribution in [2.45, 2.75) is 167 Å². The van der Waals surface area contributed by atoms with E-state index in [4.69, 9.17) is 9.47 Å². The van der Waals surface area contributed by atoms with Crippen LogP contribution >= 0.6 is 11.8 Å². The van der Waals surface area contributed by atoms with Crippen LogP contribution in [0.25, 0.3) is 0 Å². The summed E-state index contributed by atoms with van der Waals surface area (Å²) in [5.74, 6) is 6.10. The summed E-state index contributed by atoms with van der Waals surface area (Å²) >= 11 is 1.45. The number of hydrogen-bond donors (Lipinski definition) is 4. The van der Waals surface area contributed by atoms with E-state index in [2.05, 4.69) is 40.7 Å². The molecule has 6 nitrogen and oxygen atoms in total. The maximum atomic E-state index is 10.2. The van der Waals surface area contributed by atoms with Gasteiger partial charge in [0.15, 0.2) is 0 Å². The summed E-state index contributed by atoms with van der Waals surface area (Å²) in [4.78, 5) is 0. The van der Waals surface area contributed by atoms with E-state index in [0.29, 0.717) is 16.9 Å². The van der Waals surface area contributed by atoms with Gasteiger partial charge in [0.1, 0.15) is 29.9 Å². The van der Waals surface area contributed by atoms with Crippen molar-refractivity contribution in [2.75, 3.05) is 19.0 Å². The van der Waals surface area contributed by atoms with Crippen molar-refractivity contribution in [1.82, 2.24) is 0 Å². The van der Waals surface area contributed by atoms with Gasteiger partial charge in [-0.1, -0.05) is 78.4 Å². The minimum Gasteiger partial charge on any atom is -0.394 e. The molecular formula is C39H68O6S. The molecule has 266 valence electrons. The van der Waals surface area contributed by atoms with Crippen LogP contribution in [0, 0.1) is 46.3 Å². The molecule has 0 spiro atoms. The highest BCUT2D eigenvalue weighted by atomic mass is 32.2. The van der Waals surface area contributed by atoms with Gasteiger partial charge in [-0.05, 0) is 116 Å². The van der Waals surface area contributed by atoms with Gasteiger partial charge in [0.25, 0.3) is 0 Å². The highest BCUT2D eigenvalue weighted by Gasteiger charge is 2.59. The van der Waals surface area contributed by atoms with Crippen molar-refractivity contribution < 1.29 is 29.9 Å². The standard InChI is InChI=1S/C39H68O6S/c1-25(2)11-10-12-26(3)30-15-16-31-29-14-13-27-23-28(17-19-38(27,4)32(29)18-20-39(30,31)5)44-21-8-6-7-9-22-46-37-36(43)35(42)34(41)33(24-40)45-37/h13,25-26,28-37,40-43H,6-12,14-24H2,1-5H3/t26-,28?,29+,30-,31+,32+,33-,34-,35+,36+,37+,38+,39-/m1/s1. The van der Waals surface area contributed by atoms with Crippen LogP contribution in [0.1, 0.15) is 131 Å². The Balaban J connectivity index is 1.02. The number of hydrogen-bond acceptors (Lipinski definition) is 7. The second-order valence-corrected chi connectivity index (χ2v) is 18.2. The highest BCUT2D eigenvalue weighted by Crippen LogP contribution is 2.67. The summed E-state index contributed by atoms with van der Waals surface area (Å²) in [6.45, 7) is 13.1. The molecule has 3 saturated carbocycles. The molecule has 0 bridgehead atoms. The topological polar surface area (TPSA) is 99.4 Å². The van der Waals surface area contributed by atoms with Crippen molar-refractivity contribution in [3.05, 3.63) is 11.6 Å². The molecule has 1 saturated heterocycles. The quantitative estimate of drug-likeness (QED) is 0.106. The second-order valence-electron chi connectivity index (χ2n) is 17.0. The smallest absolute Gasteiger partial charge is 0.132 e. The van der Waals surface area contributed by atoms with Gasteiger partial charge in [0.2, 0.25) is 0 Å². The maximum Gasteiger partial charge on any atom is 0.132 e. The summed E-state index contributed by atoms with van der Waals surface area (Å²) in [7, 11) is 0. The van der Waals surface area contributed by atoms with Crippen molar-refractivity contribution in [1.29, 1.82) is 0 Å². The number of aliphatic hydroxyl groups excluding tert-OH is 4. The number of ether oxygens (including phenoxy) is 2. The SMILES string of the molecule is CC(C)CCC[C@@H](C)[C@H]1CC[C@H]2[C@@H]3CC=C4CC(OCCCCCCS[C@@H]5O[C@H](CO)[C@@H](O)[C@H](O)[C@@H]5O)CC[C@]4(C)[C@H]3CC[C@]12C. The van der Waals surface area contributed by atoms with Gasteiger partial charge in [-0.25, -0.2) is 0 Å². The Bertz CT molecular complexity index is 988. The highest BCUT2D eigenvalue weighted by molar-refractivity contribution is 7.99. The molecule has 5 rings (SSSR count). The van der Waals surface area contributed by atoms with Crippen LogP contribution in [0.5, 0.6) is 0 Å². The number of thioether (sulfide) groups is 1. The Hall–Kier alpha value is -0.150. The monoisotopic (exact) mass is 664 g/mol. The maximum absolute atomic E-state index is 10.2. The molecule has 7 heteroatoms. The average Bonchev–Trinajstić information content (AvgIpc) is 3.39. The average molecular weight is 665 g/mol. The first-order valence-electron chi connectivity index (χ1n) is 19.2. The molecule has 13 atom stereocenters. The first-order valence-corrected chi connectivity index (χ1v) is 20.3. The largest absolute Gasteiger partial charge is 0.394 e. The molecule has 0 aromatic carbocycles. The van der Waals surface area contributed by atoms with Crippen LogP contribution in [0.2, 0.25) is 0 Å². The minimum atomic E-state index is -1.29. The summed E-state index contributed by atoms with van der Waals surface area (Å²) in [6.07, 6.45) is 17.7. The van der Waals surface area contributed by atoms with Crippen LogP contribution in [-0.2, 0) is 9.47 Å². The fraction of sp³-hybridized carbons (Fsp3) is 0.949. The normalized spacial score (nSPS) is 43.1. The van der Waals surface area contributed by atoms with Crippen LogP contribution in [0.15, 0.2) is 11.6 Å². The zero-order chi connectivity index (χ0) is 33.1. The predicted octanol–water partition coefficient (Wildman–Crippen LogP) is 7.51. The molecule has 1 unspecified atom stereocenters. The molecule has 4 N–H and O–H groups in total. The number of allylic oxidation sites excluding steroid dienone is 1. The molecule has 4 fully saturated rings. The van der Waals surface area contributed by atoms with Crippen molar-refractivity contribution in [2.24, 2.45) is 46.3 Å². The van der Waals surface area contributed by atoms with E-state index in [1.807, 2.05) is 0 Å². The van der Waals surface area contributed by atoms with Gasteiger partial charge in [0, 0.05) is 6.61 Å². The molecule has 46 heavy (non-hydrogen) atoms. The second kappa shape index (κ2) is 16.2. The first-order chi connectivity index (χ1) is 22.0. The summed E-state index contributed by atoms with van der Waals surface area (Å²) in [5.41, 5.74) is 2.03. The van der Waals surface area contributed by atoms with E-state index >= 15 is 0 Å². The molecule has 0 amide bonds. The lowest BCUT2D eigenvalue weighted by Crippen LogP contribution is -2.57. The van der Waals surface area contributed by atoms with E-state index in [-0.39, 0.29) is 6.61 Å². The molecule has 1 aliphatic heterocycles. The Labute approximate surface area is 284 Å². The third-order valence-corrected chi connectivity index (χ3v) is 15.0. The Kier molecular flexibility index (Phi) is 13.1. The molecule has 5 aliphatic rings. The molecule has 0 aromatic rings. The van der Waals surface area contributed by atoms with Gasteiger partial charge in [-0.2, -0.15) is 0 Å². The summed E-state index contributed by atoms with van der Waals surface area (Å²) in [5, 5.41) is 39.5. The molecular weight excluding hydrogens is 596 g/mol. The van der Waals surface area contributed by atoms with Crippen molar-refractivity contribution in [3.63, 3.8) is 0 Å². The lowest BCUT2D eigenvalue weighted by atomic mass is 9.47. The van der Waals surface area contributed by atoms with E-state index in [9.17, 15) is 20.4 Å². The van der Waals surface area contributed by atoms with E-state index in [0.717, 1.165) is 80.0 Å². The zero-order valence-electron chi connectivity index (χ0n) is 29.7.